The molecule has 2 aliphatic heterocycles. The number of ether oxygens (including phenoxy) is 1. The van der Waals surface area contributed by atoms with E-state index in [2.05, 4.69) is 34.1 Å². The summed E-state index contributed by atoms with van der Waals surface area (Å²) < 4.78 is 5.43. The lowest BCUT2D eigenvalue weighted by molar-refractivity contribution is -0.117. The second-order valence-corrected chi connectivity index (χ2v) is 8.29. The number of morpholine rings is 1. The van der Waals surface area contributed by atoms with E-state index in [1.807, 2.05) is 37.4 Å². The van der Waals surface area contributed by atoms with Crippen LogP contribution in [0.15, 0.2) is 53.4 Å². The minimum Gasteiger partial charge on any atom is -0.378 e. The minimum absolute atomic E-state index is 0.0640. The summed E-state index contributed by atoms with van der Waals surface area (Å²) in [4.78, 5) is 20.3. The number of carbonyl (C=O) groups is 1. The fourth-order valence-electron chi connectivity index (χ4n) is 3.78. The third kappa shape index (κ3) is 3.58. The Morgan fingerprint density at radius 2 is 1.54 bits per heavy atom. The summed E-state index contributed by atoms with van der Waals surface area (Å²) in [5, 5.41) is 0. The highest BCUT2D eigenvalue weighted by Gasteiger charge is 2.42. The maximum atomic E-state index is 13.0. The van der Waals surface area contributed by atoms with Crippen LogP contribution < -0.4 is 14.7 Å². The topological polar surface area (TPSA) is 36.0 Å². The summed E-state index contributed by atoms with van der Waals surface area (Å²) in [6.45, 7) is 5.29. The first kappa shape index (κ1) is 19.5. The molecule has 7 heteroatoms. The van der Waals surface area contributed by atoms with E-state index in [0.717, 1.165) is 37.7 Å². The largest absolute Gasteiger partial charge is 0.378 e. The fourth-order valence-corrected chi connectivity index (χ4v) is 4.76. The number of benzene rings is 2. The summed E-state index contributed by atoms with van der Waals surface area (Å²) in [6.07, 6.45) is 2.04. The van der Waals surface area contributed by atoms with E-state index in [1.165, 1.54) is 10.6 Å². The van der Waals surface area contributed by atoms with E-state index >= 15 is 0 Å². The van der Waals surface area contributed by atoms with Crippen LogP contribution in [0.5, 0.6) is 0 Å². The molecule has 2 atom stereocenters. The Balaban J connectivity index is 1.56. The van der Waals surface area contributed by atoms with Crippen LogP contribution in [-0.2, 0) is 9.53 Å². The lowest BCUT2D eigenvalue weighted by Gasteiger charge is -2.31. The normalized spacial score (nSPS) is 22.8. The number of nitrogens with zero attached hydrogens (tertiary/aromatic N) is 3. The first-order valence-electron chi connectivity index (χ1n) is 9.46. The van der Waals surface area contributed by atoms with E-state index in [9.17, 15) is 4.79 Å². The predicted molar refractivity (Wildman–Crippen MR) is 120 cm³/mol. The van der Waals surface area contributed by atoms with Gasteiger partial charge in [-0.3, -0.25) is 9.69 Å². The van der Waals surface area contributed by atoms with Gasteiger partial charge in [-0.15, -0.1) is 24.4 Å². The van der Waals surface area contributed by atoms with Crippen LogP contribution in [0, 0.1) is 0 Å². The standard InChI is InChI=1S/C21H25N3O2S2/c1-15-20(25)24(18-7-9-19(28-2)10-8-18)21(27)23(15)17-5-3-16(4-6-17)22-11-13-26-14-12-22/h3-10,15,21,27H,11-14H2,1-2H3. The monoisotopic (exact) mass is 415 g/mol. The molecule has 148 valence electrons. The third-order valence-corrected chi connectivity index (χ3v) is 6.59. The van der Waals surface area contributed by atoms with E-state index in [1.54, 1.807) is 16.7 Å². The van der Waals surface area contributed by atoms with Gasteiger partial charge >= 0.3 is 0 Å². The average Bonchev–Trinajstić information content (AvgIpc) is 2.97. The lowest BCUT2D eigenvalue weighted by atomic mass is 10.2. The summed E-state index contributed by atoms with van der Waals surface area (Å²) in [5.74, 6) is 0.0640. The van der Waals surface area contributed by atoms with Gasteiger partial charge in [-0.25, -0.2) is 0 Å². The van der Waals surface area contributed by atoms with E-state index in [-0.39, 0.29) is 17.4 Å². The Morgan fingerprint density at radius 1 is 0.964 bits per heavy atom. The molecular weight excluding hydrogens is 390 g/mol. The van der Waals surface area contributed by atoms with Crippen molar-refractivity contribution >= 4 is 47.4 Å². The molecule has 2 aliphatic rings. The number of carbonyl (C=O) groups excluding carboxylic acids is 1. The van der Waals surface area contributed by atoms with Gasteiger partial charge in [0.1, 0.15) is 6.04 Å². The number of anilines is 3. The first-order chi connectivity index (χ1) is 13.6. The Kier molecular flexibility index (Phi) is 5.75. The van der Waals surface area contributed by atoms with Gasteiger partial charge in [0.25, 0.3) is 5.91 Å². The zero-order chi connectivity index (χ0) is 19.7. The summed E-state index contributed by atoms with van der Waals surface area (Å²) in [5.41, 5.74) is 2.73. The molecule has 1 amide bonds. The zero-order valence-electron chi connectivity index (χ0n) is 16.1. The highest BCUT2D eigenvalue weighted by molar-refractivity contribution is 7.98. The Morgan fingerprint density at radius 3 is 2.14 bits per heavy atom. The molecular formula is C21H25N3O2S2. The van der Waals surface area contributed by atoms with Gasteiger partial charge in [0.2, 0.25) is 0 Å². The number of hydrogen-bond acceptors (Lipinski definition) is 6. The molecule has 5 nitrogen and oxygen atoms in total. The Labute approximate surface area is 176 Å². The molecule has 0 aromatic heterocycles. The molecule has 0 saturated carbocycles. The van der Waals surface area contributed by atoms with Crippen molar-refractivity contribution in [3.8, 4) is 0 Å². The van der Waals surface area contributed by atoms with Crippen molar-refractivity contribution in [2.45, 2.75) is 23.4 Å². The molecule has 28 heavy (non-hydrogen) atoms. The third-order valence-electron chi connectivity index (χ3n) is 5.37. The SMILES string of the molecule is CSc1ccc(N2C(=O)C(C)N(c3ccc(N4CCOCC4)cc3)C2S)cc1. The number of amides is 1. The van der Waals surface area contributed by atoms with E-state index in [0.29, 0.717) is 0 Å². The van der Waals surface area contributed by atoms with Crippen LogP contribution >= 0.6 is 24.4 Å². The van der Waals surface area contributed by atoms with Crippen LogP contribution in [0.4, 0.5) is 17.1 Å². The van der Waals surface area contributed by atoms with Crippen molar-refractivity contribution in [3.05, 3.63) is 48.5 Å². The van der Waals surface area contributed by atoms with Crippen molar-refractivity contribution in [3.63, 3.8) is 0 Å². The number of thioether (sulfide) groups is 1. The van der Waals surface area contributed by atoms with Crippen molar-refractivity contribution in [1.29, 1.82) is 0 Å². The molecule has 2 unspecified atom stereocenters. The van der Waals surface area contributed by atoms with Crippen molar-refractivity contribution < 1.29 is 9.53 Å². The van der Waals surface area contributed by atoms with Gasteiger partial charge in [-0.05, 0) is 61.7 Å². The van der Waals surface area contributed by atoms with E-state index in [4.69, 9.17) is 17.4 Å². The predicted octanol–water partition coefficient (Wildman–Crippen LogP) is 3.70. The van der Waals surface area contributed by atoms with Crippen LogP contribution in [0.1, 0.15) is 6.92 Å². The average molecular weight is 416 g/mol. The molecule has 2 fully saturated rings. The molecule has 0 N–H and O–H groups in total. The van der Waals surface area contributed by atoms with Gasteiger partial charge in [0.15, 0.2) is 5.50 Å². The molecule has 2 aromatic rings. The van der Waals surface area contributed by atoms with Gasteiger partial charge in [0, 0.05) is 35.0 Å². The Hall–Kier alpha value is -1.83. The van der Waals surface area contributed by atoms with Crippen LogP contribution in [0.3, 0.4) is 0 Å². The smallest absolute Gasteiger partial charge is 0.251 e. The molecule has 2 aromatic carbocycles. The lowest BCUT2D eigenvalue weighted by Crippen LogP contribution is -2.37. The number of rotatable bonds is 4. The first-order valence-corrected chi connectivity index (χ1v) is 11.2. The van der Waals surface area contributed by atoms with Gasteiger partial charge in [0.05, 0.1) is 13.2 Å². The van der Waals surface area contributed by atoms with Crippen molar-refractivity contribution in [2.75, 3.05) is 47.3 Å². The Bertz CT molecular complexity index is 823. The summed E-state index contributed by atoms with van der Waals surface area (Å²) >= 11 is 6.49. The molecule has 0 spiro atoms. The van der Waals surface area contributed by atoms with Gasteiger partial charge in [-0.2, -0.15) is 0 Å². The maximum Gasteiger partial charge on any atom is 0.251 e. The number of thiol groups is 1. The molecule has 4 rings (SSSR count). The summed E-state index contributed by atoms with van der Waals surface area (Å²) in [6, 6.07) is 16.2. The highest BCUT2D eigenvalue weighted by atomic mass is 32.2. The van der Waals surface area contributed by atoms with Crippen molar-refractivity contribution in [1.82, 2.24) is 0 Å². The zero-order valence-corrected chi connectivity index (χ0v) is 17.8. The molecule has 0 radical (unpaired) electrons. The highest BCUT2D eigenvalue weighted by Crippen LogP contribution is 2.35. The minimum atomic E-state index is -0.336. The van der Waals surface area contributed by atoms with E-state index < -0.39 is 0 Å². The fraction of sp³-hybridized carbons (Fsp3) is 0.381. The van der Waals surface area contributed by atoms with Crippen LogP contribution in [0.25, 0.3) is 0 Å². The van der Waals surface area contributed by atoms with Crippen molar-refractivity contribution in [2.24, 2.45) is 0 Å². The second-order valence-electron chi connectivity index (χ2n) is 6.95. The second kappa shape index (κ2) is 8.27. The summed E-state index contributed by atoms with van der Waals surface area (Å²) in [7, 11) is 0. The number of hydrogen-bond donors (Lipinski definition) is 1. The molecule has 0 bridgehead atoms. The molecule has 2 heterocycles. The quantitative estimate of drug-likeness (QED) is 0.609. The van der Waals surface area contributed by atoms with Crippen LogP contribution in [0.2, 0.25) is 0 Å². The van der Waals surface area contributed by atoms with Gasteiger partial charge in [-0.1, -0.05) is 0 Å². The molecule has 2 saturated heterocycles. The maximum absolute atomic E-state index is 13.0. The van der Waals surface area contributed by atoms with Crippen LogP contribution in [-0.4, -0.2) is 50.0 Å². The van der Waals surface area contributed by atoms with Gasteiger partial charge < -0.3 is 14.5 Å². The molecule has 0 aliphatic carbocycles.